The van der Waals surface area contributed by atoms with Crippen molar-refractivity contribution in [3.8, 4) is 22.4 Å². The summed E-state index contributed by atoms with van der Waals surface area (Å²) in [6.45, 7) is 0. The molecule has 10 heteroatoms. The summed E-state index contributed by atoms with van der Waals surface area (Å²) in [7, 11) is 0. The van der Waals surface area contributed by atoms with Crippen molar-refractivity contribution in [2.24, 2.45) is 0 Å². The average Bonchev–Trinajstić information content (AvgIpc) is 2.96. The predicted molar refractivity (Wildman–Crippen MR) is 98.4 cm³/mol. The van der Waals surface area contributed by atoms with Gasteiger partial charge < -0.3 is 4.98 Å². The van der Waals surface area contributed by atoms with Gasteiger partial charge in [0.2, 0.25) is 0 Å². The second-order valence-corrected chi connectivity index (χ2v) is 6.76. The van der Waals surface area contributed by atoms with Crippen LogP contribution in [0, 0.1) is 10.1 Å². The number of halogens is 6. The molecule has 0 bridgehead atoms. The van der Waals surface area contributed by atoms with Crippen molar-refractivity contribution < 1.29 is 18.1 Å². The van der Waals surface area contributed by atoms with Crippen LogP contribution in [-0.2, 0) is 6.18 Å². The van der Waals surface area contributed by atoms with E-state index in [9.17, 15) is 23.3 Å². The Labute approximate surface area is 165 Å². The monoisotopic (exact) mass is 434 g/mol. The van der Waals surface area contributed by atoms with E-state index in [0.29, 0.717) is 5.02 Å². The van der Waals surface area contributed by atoms with Crippen molar-refractivity contribution in [2.75, 3.05) is 0 Å². The van der Waals surface area contributed by atoms with Gasteiger partial charge in [0, 0.05) is 21.2 Å². The minimum Gasteiger partial charge on any atom is -0.345 e. The van der Waals surface area contributed by atoms with Crippen LogP contribution >= 0.6 is 34.8 Å². The number of rotatable bonds is 3. The summed E-state index contributed by atoms with van der Waals surface area (Å²) < 4.78 is 40.9. The summed E-state index contributed by atoms with van der Waals surface area (Å²) in [5.74, 6) is 0. The highest BCUT2D eigenvalue weighted by molar-refractivity contribution is 6.36. The van der Waals surface area contributed by atoms with Crippen molar-refractivity contribution in [1.29, 1.82) is 0 Å². The fourth-order valence-corrected chi connectivity index (χ4v) is 3.29. The summed E-state index contributed by atoms with van der Waals surface area (Å²) >= 11 is 17.6. The van der Waals surface area contributed by atoms with E-state index >= 15 is 0 Å². The van der Waals surface area contributed by atoms with Crippen LogP contribution in [0.3, 0.4) is 0 Å². The van der Waals surface area contributed by atoms with Gasteiger partial charge in [-0.2, -0.15) is 13.2 Å². The molecular weight excluding hydrogens is 428 g/mol. The Morgan fingerprint density at radius 3 is 2.07 bits per heavy atom. The standard InChI is InChI=1S/C17H8Cl3F3N2O2/c18-9-3-1-8(2-4-9)14-15(25(26)27)13(16(24-14)17(21,22)23)11-6-5-10(19)7-12(11)20/h1-7,24H. The predicted octanol–water partition coefficient (Wildman–Crippen LogP) is 7.24. The lowest BCUT2D eigenvalue weighted by molar-refractivity contribution is -0.383. The first kappa shape index (κ1) is 19.5. The zero-order valence-electron chi connectivity index (χ0n) is 13.1. The van der Waals surface area contributed by atoms with Gasteiger partial charge in [-0.3, -0.25) is 10.1 Å². The van der Waals surface area contributed by atoms with E-state index in [1.54, 1.807) is 0 Å². The Balaban J connectivity index is 2.40. The molecule has 0 atom stereocenters. The number of alkyl halides is 3. The fourth-order valence-electron chi connectivity index (χ4n) is 2.67. The van der Waals surface area contributed by atoms with Crippen LogP contribution in [0.15, 0.2) is 42.5 Å². The third-order valence-electron chi connectivity index (χ3n) is 3.77. The Kier molecular flexibility index (Phi) is 5.12. The Bertz CT molecular complexity index is 1030. The van der Waals surface area contributed by atoms with Crippen LogP contribution in [0.5, 0.6) is 0 Å². The first-order valence-corrected chi connectivity index (χ1v) is 8.42. The topological polar surface area (TPSA) is 58.9 Å². The lowest BCUT2D eigenvalue weighted by Gasteiger charge is -2.09. The lowest BCUT2D eigenvalue weighted by atomic mass is 10.0. The number of nitrogens with zero attached hydrogens (tertiary/aromatic N) is 1. The number of benzene rings is 2. The zero-order valence-corrected chi connectivity index (χ0v) is 15.3. The van der Waals surface area contributed by atoms with Crippen molar-refractivity contribution in [3.05, 3.63) is 73.3 Å². The molecule has 140 valence electrons. The summed E-state index contributed by atoms with van der Waals surface area (Å²) in [5.41, 5.74) is -2.95. The van der Waals surface area contributed by atoms with Gasteiger partial charge >= 0.3 is 11.9 Å². The molecule has 4 nitrogen and oxygen atoms in total. The molecule has 0 fully saturated rings. The molecule has 3 aromatic rings. The third kappa shape index (κ3) is 3.76. The molecule has 0 aliphatic rings. The smallest absolute Gasteiger partial charge is 0.345 e. The summed E-state index contributed by atoms with van der Waals surface area (Å²) in [6, 6.07) is 9.34. The zero-order chi connectivity index (χ0) is 19.9. The molecule has 1 aromatic heterocycles. The van der Waals surface area contributed by atoms with Gasteiger partial charge in [-0.25, -0.2) is 0 Å². The van der Waals surface area contributed by atoms with Crippen LogP contribution in [0.25, 0.3) is 22.4 Å². The molecule has 0 spiro atoms. The quantitative estimate of drug-likeness (QED) is 0.348. The molecule has 0 saturated carbocycles. The first-order chi connectivity index (χ1) is 12.6. The summed E-state index contributed by atoms with van der Waals surface area (Å²) in [6.07, 6.45) is -4.88. The minimum atomic E-state index is -4.88. The maximum absolute atomic E-state index is 13.6. The lowest BCUT2D eigenvalue weighted by Crippen LogP contribution is -2.07. The highest BCUT2D eigenvalue weighted by Crippen LogP contribution is 2.48. The number of H-pyrrole nitrogens is 1. The maximum Gasteiger partial charge on any atom is 0.432 e. The second kappa shape index (κ2) is 7.07. The molecule has 0 saturated heterocycles. The van der Waals surface area contributed by atoms with Gasteiger partial charge in [0.25, 0.3) is 0 Å². The van der Waals surface area contributed by atoms with Crippen LogP contribution in [0.4, 0.5) is 18.9 Å². The largest absolute Gasteiger partial charge is 0.432 e. The Morgan fingerprint density at radius 1 is 0.963 bits per heavy atom. The molecule has 1 heterocycles. The van der Waals surface area contributed by atoms with Gasteiger partial charge in [-0.15, -0.1) is 0 Å². The molecule has 0 aliphatic heterocycles. The first-order valence-electron chi connectivity index (χ1n) is 7.28. The van der Waals surface area contributed by atoms with Gasteiger partial charge in [0.15, 0.2) is 0 Å². The van der Waals surface area contributed by atoms with Crippen LogP contribution in [-0.4, -0.2) is 9.91 Å². The summed E-state index contributed by atoms with van der Waals surface area (Å²) in [4.78, 5) is 13.0. The van der Waals surface area contributed by atoms with Gasteiger partial charge in [-0.1, -0.05) is 53.0 Å². The van der Waals surface area contributed by atoms with E-state index in [-0.39, 0.29) is 26.9 Å². The number of hydrogen-bond donors (Lipinski definition) is 1. The highest BCUT2D eigenvalue weighted by Gasteiger charge is 2.42. The van der Waals surface area contributed by atoms with E-state index in [4.69, 9.17) is 34.8 Å². The molecule has 0 unspecified atom stereocenters. The molecule has 0 radical (unpaired) electrons. The van der Waals surface area contributed by atoms with Crippen LogP contribution in [0.2, 0.25) is 15.1 Å². The SMILES string of the molecule is O=[N+]([O-])c1c(-c2ccc(Cl)cc2)[nH]c(C(F)(F)F)c1-c1ccc(Cl)cc1Cl. The van der Waals surface area contributed by atoms with E-state index in [2.05, 4.69) is 4.98 Å². The van der Waals surface area contributed by atoms with E-state index in [1.807, 2.05) is 0 Å². The Morgan fingerprint density at radius 2 is 1.56 bits per heavy atom. The van der Waals surface area contributed by atoms with Gasteiger partial charge in [0.05, 0.1) is 15.5 Å². The second-order valence-electron chi connectivity index (χ2n) is 5.48. The molecule has 0 amide bonds. The number of aromatic amines is 1. The molecule has 0 aliphatic carbocycles. The number of nitrogens with one attached hydrogen (secondary N) is 1. The number of aromatic nitrogens is 1. The maximum atomic E-state index is 13.6. The number of nitro groups is 1. The van der Waals surface area contributed by atoms with Crippen LogP contribution < -0.4 is 0 Å². The molecule has 2 aromatic carbocycles. The van der Waals surface area contributed by atoms with E-state index < -0.39 is 28.0 Å². The average molecular weight is 436 g/mol. The normalized spacial score (nSPS) is 11.6. The number of hydrogen-bond acceptors (Lipinski definition) is 2. The molecule has 27 heavy (non-hydrogen) atoms. The van der Waals surface area contributed by atoms with E-state index in [1.165, 1.54) is 42.5 Å². The van der Waals surface area contributed by atoms with Gasteiger partial charge in [0.1, 0.15) is 11.4 Å². The summed E-state index contributed by atoms with van der Waals surface area (Å²) in [5, 5.41) is 12.1. The van der Waals surface area contributed by atoms with E-state index in [0.717, 1.165) is 0 Å². The van der Waals surface area contributed by atoms with Crippen molar-refractivity contribution in [2.45, 2.75) is 6.18 Å². The molecule has 1 N–H and O–H groups in total. The Hall–Kier alpha value is -2.22. The minimum absolute atomic E-state index is 0.141. The molecule has 3 rings (SSSR count). The molecular formula is C17H8Cl3F3N2O2. The van der Waals surface area contributed by atoms with Crippen LogP contribution in [0.1, 0.15) is 5.69 Å². The fraction of sp³-hybridized carbons (Fsp3) is 0.0588. The highest BCUT2D eigenvalue weighted by atomic mass is 35.5. The third-order valence-corrected chi connectivity index (χ3v) is 4.57. The van der Waals surface area contributed by atoms with Crippen molar-refractivity contribution in [3.63, 3.8) is 0 Å². The van der Waals surface area contributed by atoms with Crippen molar-refractivity contribution in [1.82, 2.24) is 4.98 Å². The van der Waals surface area contributed by atoms with Crippen molar-refractivity contribution >= 4 is 40.5 Å². The van der Waals surface area contributed by atoms with Gasteiger partial charge in [-0.05, 0) is 24.3 Å².